The number of fused-ring (bicyclic) bond motifs is 1. The highest BCUT2D eigenvalue weighted by molar-refractivity contribution is 5.96. The average Bonchev–Trinajstić information content (AvgIpc) is 3.13. The van der Waals surface area contributed by atoms with Crippen molar-refractivity contribution in [2.75, 3.05) is 5.32 Å². The Kier molecular flexibility index (Phi) is 5.09. The van der Waals surface area contributed by atoms with Crippen LogP contribution in [0.1, 0.15) is 38.5 Å². The highest BCUT2D eigenvalue weighted by Crippen LogP contribution is 2.31. The van der Waals surface area contributed by atoms with Gasteiger partial charge in [0.05, 0.1) is 40.5 Å². The number of aromatic carboxylic acids is 1. The molecule has 7 nitrogen and oxygen atoms in total. The van der Waals surface area contributed by atoms with Gasteiger partial charge in [-0.05, 0) is 35.7 Å². The van der Waals surface area contributed by atoms with Gasteiger partial charge >= 0.3 is 5.97 Å². The van der Waals surface area contributed by atoms with Crippen LogP contribution in [0.2, 0.25) is 0 Å². The Morgan fingerprint density at radius 1 is 1.10 bits per heavy atom. The summed E-state index contributed by atoms with van der Waals surface area (Å²) in [6.45, 7) is 1.69. The van der Waals surface area contributed by atoms with Crippen molar-refractivity contribution in [2.24, 2.45) is 0 Å². The number of aryl methyl sites for hydroxylation is 1. The molecule has 0 bridgehead atoms. The largest absolute Gasteiger partial charge is 0.478 e. The van der Waals surface area contributed by atoms with E-state index in [2.05, 4.69) is 22.6 Å². The number of nitrogens with zero attached hydrogens (tertiary/aromatic N) is 4. The normalized spacial score (nSPS) is 11.5. The molecule has 2 heterocycles. The van der Waals surface area contributed by atoms with Gasteiger partial charge in [-0.25, -0.2) is 9.31 Å². The second kappa shape index (κ2) is 8.02. The van der Waals surface area contributed by atoms with Crippen LogP contribution in [-0.4, -0.2) is 20.7 Å². The van der Waals surface area contributed by atoms with Gasteiger partial charge < -0.3 is 10.4 Å². The predicted molar refractivity (Wildman–Crippen MR) is 115 cm³/mol. The van der Waals surface area contributed by atoms with Gasteiger partial charge in [0.1, 0.15) is 6.07 Å². The number of hydrogen-bond acceptors (Lipinski definition) is 5. The van der Waals surface area contributed by atoms with Crippen molar-refractivity contribution >= 4 is 22.9 Å². The lowest BCUT2D eigenvalue weighted by atomic mass is 9.92. The summed E-state index contributed by atoms with van der Waals surface area (Å²) in [5, 5.41) is 36.0. The first-order valence-corrected chi connectivity index (χ1v) is 9.49. The quantitative estimate of drug-likeness (QED) is 0.499. The van der Waals surface area contributed by atoms with E-state index < -0.39 is 5.97 Å². The molecule has 0 radical (unpaired) electrons. The summed E-state index contributed by atoms with van der Waals surface area (Å²) >= 11 is 0. The molecule has 2 aromatic carbocycles. The summed E-state index contributed by atoms with van der Waals surface area (Å²) < 4.78 is 1.46. The number of nitrogens with one attached hydrogen (secondary N) is 1. The Morgan fingerprint density at radius 2 is 1.77 bits per heavy atom. The molecule has 7 heteroatoms. The monoisotopic (exact) mass is 407 g/mol. The molecule has 1 unspecified atom stereocenters. The molecule has 2 aromatic heterocycles. The summed E-state index contributed by atoms with van der Waals surface area (Å²) in [6, 6.07) is 21.4. The summed E-state index contributed by atoms with van der Waals surface area (Å²) in [5.74, 6) is -1.44. The van der Waals surface area contributed by atoms with E-state index in [9.17, 15) is 20.4 Å². The van der Waals surface area contributed by atoms with Crippen molar-refractivity contribution in [2.45, 2.75) is 12.8 Å². The molecule has 0 saturated carbocycles. The Morgan fingerprint density at radius 3 is 2.39 bits per heavy atom. The van der Waals surface area contributed by atoms with Crippen LogP contribution in [0.5, 0.6) is 0 Å². The zero-order valence-electron chi connectivity index (χ0n) is 16.6. The second-order valence-corrected chi connectivity index (χ2v) is 7.03. The molecule has 0 spiro atoms. The minimum absolute atomic E-state index is 0.126. The average molecular weight is 407 g/mol. The Hall–Kier alpha value is -4.62. The van der Waals surface area contributed by atoms with E-state index in [0.29, 0.717) is 28.0 Å². The number of rotatable bonds is 5. The first-order chi connectivity index (χ1) is 15.0. The molecule has 4 rings (SSSR count). The summed E-state index contributed by atoms with van der Waals surface area (Å²) in [5.41, 5.74) is 4.43. The van der Waals surface area contributed by atoms with Gasteiger partial charge in [-0.2, -0.15) is 15.6 Å². The van der Waals surface area contributed by atoms with Crippen molar-refractivity contribution in [3.8, 4) is 12.1 Å². The SMILES string of the molecule is Cc1c(C(=O)O)cn2ncc(C#N)c(Nc3ccc(C(C#N)c4ccccc4)cc3)c12. The van der Waals surface area contributed by atoms with Crippen LogP contribution in [0.3, 0.4) is 0 Å². The van der Waals surface area contributed by atoms with E-state index in [1.165, 1.54) is 16.9 Å². The Labute approximate surface area is 178 Å². The summed E-state index contributed by atoms with van der Waals surface area (Å²) in [4.78, 5) is 11.5. The van der Waals surface area contributed by atoms with Gasteiger partial charge in [-0.3, -0.25) is 0 Å². The van der Waals surface area contributed by atoms with Gasteiger partial charge in [0.2, 0.25) is 0 Å². The zero-order chi connectivity index (χ0) is 22.0. The maximum atomic E-state index is 11.5. The number of nitriles is 2. The third-order valence-corrected chi connectivity index (χ3v) is 5.18. The number of carboxylic acid groups (broad SMARTS) is 1. The van der Waals surface area contributed by atoms with E-state index in [1.807, 2.05) is 54.6 Å². The van der Waals surface area contributed by atoms with Gasteiger partial charge in [0, 0.05) is 11.9 Å². The Balaban J connectivity index is 1.72. The van der Waals surface area contributed by atoms with Crippen LogP contribution >= 0.6 is 0 Å². The van der Waals surface area contributed by atoms with Crippen molar-refractivity contribution < 1.29 is 9.90 Å². The van der Waals surface area contributed by atoms with Gasteiger partial charge in [0.25, 0.3) is 0 Å². The minimum atomic E-state index is -1.06. The van der Waals surface area contributed by atoms with Crippen LogP contribution in [0.15, 0.2) is 67.0 Å². The number of benzene rings is 2. The highest BCUT2D eigenvalue weighted by atomic mass is 16.4. The lowest BCUT2D eigenvalue weighted by molar-refractivity contribution is 0.0696. The molecule has 0 saturated heterocycles. The molecule has 0 aliphatic rings. The molecule has 2 N–H and O–H groups in total. The lowest BCUT2D eigenvalue weighted by Gasteiger charge is -2.13. The number of carbonyl (C=O) groups is 1. The van der Waals surface area contributed by atoms with Crippen LogP contribution < -0.4 is 5.32 Å². The summed E-state index contributed by atoms with van der Waals surface area (Å²) in [6.07, 6.45) is 2.83. The van der Waals surface area contributed by atoms with Gasteiger partial charge in [0.15, 0.2) is 0 Å². The van der Waals surface area contributed by atoms with Gasteiger partial charge in [-0.1, -0.05) is 42.5 Å². The fourth-order valence-electron chi connectivity index (χ4n) is 3.61. The number of anilines is 2. The van der Waals surface area contributed by atoms with E-state index in [4.69, 9.17) is 0 Å². The molecule has 0 amide bonds. The molecule has 0 aliphatic heterocycles. The van der Waals surface area contributed by atoms with Crippen LogP contribution in [0, 0.1) is 29.6 Å². The van der Waals surface area contributed by atoms with Crippen molar-refractivity contribution in [1.29, 1.82) is 10.5 Å². The lowest BCUT2D eigenvalue weighted by Crippen LogP contribution is -2.02. The molecule has 0 fully saturated rings. The van der Waals surface area contributed by atoms with Crippen LogP contribution in [0.25, 0.3) is 5.52 Å². The minimum Gasteiger partial charge on any atom is -0.478 e. The van der Waals surface area contributed by atoms with E-state index in [0.717, 1.165) is 11.1 Å². The van der Waals surface area contributed by atoms with Crippen molar-refractivity contribution in [3.63, 3.8) is 0 Å². The first-order valence-electron chi connectivity index (χ1n) is 9.49. The zero-order valence-corrected chi connectivity index (χ0v) is 16.6. The molecule has 31 heavy (non-hydrogen) atoms. The van der Waals surface area contributed by atoms with Crippen LogP contribution in [0.4, 0.5) is 11.4 Å². The molecule has 4 aromatic rings. The second-order valence-electron chi connectivity index (χ2n) is 7.03. The predicted octanol–water partition coefficient (Wildman–Crippen LogP) is 4.61. The highest BCUT2D eigenvalue weighted by Gasteiger charge is 2.19. The van der Waals surface area contributed by atoms with Gasteiger partial charge in [-0.15, -0.1) is 0 Å². The topological polar surface area (TPSA) is 114 Å². The van der Waals surface area contributed by atoms with Crippen LogP contribution in [-0.2, 0) is 0 Å². The standard InChI is InChI=1S/C24H17N5O2/c1-15-21(24(30)31)14-29-23(15)22(18(11-25)13-27-29)28-19-9-7-17(8-10-19)20(12-26)16-5-3-2-4-6-16/h2-10,13-14,20,28H,1H3,(H,30,31). The molecule has 150 valence electrons. The van der Waals surface area contributed by atoms with Crippen molar-refractivity contribution in [3.05, 3.63) is 94.8 Å². The van der Waals surface area contributed by atoms with Crippen molar-refractivity contribution in [1.82, 2.24) is 9.61 Å². The molecule has 0 aliphatic carbocycles. The van der Waals surface area contributed by atoms with E-state index >= 15 is 0 Å². The van der Waals surface area contributed by atoms with E-state index in [1.54, 1.807) is 6.92 Å². The maximum absolute atomic E-state index is 11.5. The third-order valence-electron chi connectivity index (χ3n) is 5.18. The fraction of sp³-hybridized carbons (Fsp3) is 0.0833. The Bertz CT molecular complexity index is 1360. The number of hydrogen-bond donors (Lipinski definition) is 2. The maximum Gasteiger partial charge on any atom is 0.337 e. The number of carboxylic acids is 1. The molecular weight excluding hydrogens is 390 g/mol. The molecule has 1 atom stereocenters. The van der Waals surface area contributed by atoms with E-state index in [-0.39, 0.29) is 11.5 Å². The third kappa shape index (κ3) is 3.57. The fourth-order valence-corrected chi connectivity index (χ4v) is 3.61. The molecular formula is C24H17N5O2. The summed E-state index contributed by atoms with van der Waals surface area (Å²) in [7, 11) is 0. The first kappa shape index (κ1) is 19.7. The number of aromatic nitrogens is 2. The smallest absolute Gasteiger partial charge is 0.337 e.